The molecule has 3 heterocycles. The third kappa shape index (κ3) is 7.37. The second kappa shape index (κ2) is 11.4. The van der Waals surface area contributed by atoms with Gasteiger partial charge in [-0.05, 0) is 56.6 Å². The van der Waals surface area contributed by atoms with E-state index < -0.39 is 24.9 Å². The van der Waals surface area contributed by atoms with Crippen molar-refractivity contribution in [2.45, 2.75) is 76.0 Å². The van der Waals surface area contributed by atoms with Gasteiger partial charge in [-0.15, -0.1) is 5.10 Å². The summed E-state index contributed by atoms with van der Waals surface area (Å²) in [7, 11) is 0. The van der Waals surface area contributed by atoms with Gasteiger partial charge in [0.2, 0.25) is 0 Å². The highest BCUT2D eigenvalue weighted by Crippen LogP contribution is 2.32. The van der Waals surface area contributed by atoms with Crippen molar-refractivity contribution in [1.29, 1.82) is 0 Å². The molecule has 0 radical (unpaired) electrons. The predicted octanol–water partition coefficient (Wildman–Crippen LogP) is 5.88. The van der Waals surface area contributed by atoms with E-state index >= 15 is 0 Å². The lowest BCUT2D eigenvalue weighted by Crippen LogP contribution is -2.28. The van der Waals surface area contributed by atoms with Gasteiger partial charge in [-0.2, -0.15) is 13.2 Å². The Bertz CT molecular complexity index is 1350. The van der Waals surface area contributed by atoms with Crippen molar-refractivity contribution in [3.8, 4) is 0 Å². The Kier molecular flexibility index (Phi) is 7.92. The number of Topliss-reactive ketones (excluding diaryl/α,β-unsaturated/α-hetero) is 1. The quantitative estimate of drug-likeness (QED) is 0.264. The summed E-state index contributed by atoms with van der Waals surface area (Å²) in [6.07, 6.45) is 2.50. The Morgan fingerprint density at radius 2 is 1.74 bits per heavy atom. The van der Waals surface area contributed by atoms with E-state index in [0.717, 1.165) is 44.2 Å². The minimum Gasteiger partial charge on any atom is -0.379 e. The van der Waals surface area contributed by atoms with Crippen LogP contribution in [0.4, 0.5) is 30.4 Å². The highest BCUT2D eigenvalue weighted by atomic mass is 35.5. The van der Waals surface area contributed by atoms with Crippen molar-refractivity contribution >= 4 is 46.1 Å². The SMILES string of the molecule is O=C(CCC(F)(F)F)CC1CCC(Nc2cc(NC3CC3)c3ncc(C(=O)Nc4ccnc(Cl)c4)n3n2)CC1. The highest BCUT2D eigenvalue weighted by molar-refractivity contribution is 6.29. The first kappa shape index (κ1) is 27.2. The summed E-state index contributed by atoms with van der Waals surface area (Å²) >= 11 is 5.93. The van der Waals surface area contributed by atoms with Crippen LogP contribution < -0.4 is 16.0 Å². The third-order valence-corrected chi connectivity index (χ3v) is 7.23. The molecule has 208 valence electrons. The van der Waals surface area contributed by atoms with E-state index in [9.17, 15) is 22.8 Å². The molecule has 1 amide bonds. The number of nitrogens with one attached hydrogen (secondary N) is 3. The first-order valence-electron chi connectivity index (χ1n) is 13.1. The number of hydrogen-bond acceptors (Lipinski definition) is 7. The maximum atomic E-state index is 13.1. The van der Waals surface area contributed by atoms with Gasteiger partial charge in [0.15, 0.2) is 11.3 Å². The van der Waals surface area contributed by atoms with E-state index in [2.05, 4.69) is 31.0 Å². The van der Waals surface area contributed by atoms with Crippen molar-refractivity contribution in [2.75, 3.05) is 16.0 Å². The second-order valence-corrected chi connectivity index (χ2v) is 10.7. The van der Waals surface area contributed by atoms with E-state index in [1.54, 1.807) is 12.1 Å². The number of rotatable bonds is 10. The van der Waals surface area contributed by atoms with Crippen molar-refractivity contribution in [2.24, 2.45) is 5.92 Å². The monoisotopic (exact) mass is 563 g/mol. The number of aromatic nitrogens is 4. The van der Waals surface area contributed by atoms with Crippen LogP contribution in [0.3, 0.4) is 0 Å². The zero-order chi connectivity index (χ0) is 27.6. The summed E-state index contributed by atoms with van der Waals surface area (Å²) < 4.78 is 38.7. The lowest BCUT2D eigenvalue weighted by Gasteiger charge is -2.29. The zero-order valence-corrected chi connectivity index (χ0v) is 21.9. The molecule has 2 fully saturated rings. The second-order valence-electron chi connectivity index (χ2n) is 10.3. The molecular weight excluding hydrogens is 535 g/mol. The molecule has 2 aliphatic rings. The van der Waals surface area contributed by atoms with Gasteiger partial charge in [-0.3, -0.25) is 9.59 Å². The maximum absolute atomic E-state index is 13.1. The Hall–Kier alpha value is -3.41. The number of imidazole rings is 1. The molecule has 39 heavy (non-hydrogen) atoms. The number of carbonyl (C=O) groups excluding carboxylic acids is 2. The predicted molar refractivity (Wildman–Crippen MR) is 141 cm³/mol. The normalized spacial score (nSPS) is 19.6. The molecule has 0 spiro atoms. The van der Waals surface area contributed by atoms with Crippen molar-refractivity contribution in [3.63, 3.8) is 0 Å². The van der Waals surface area contributed by atoms with E-state index in [0.29, 0.717) is 23.2 Å². The topological polar surface area (TPSA) is 113 Å². The van der Waals surface area contributed by atoms with Gasteiger partial charge in [0.1, 0.15) is 16.8 Å². The van der Waals surface area contributed by atoms with Crippen LogP contribution in [0.1, 0.15) is 68.3 Å². The van der Waals surface area contributed by atoms with E-state index in [1.807, 2.05) is 6.07 Å². The Balaban J connectivity index is 1.26. The van der Waals surface area contributed by atoms with Crippen LogP contribution in [0.25, 0.3) is 5.65 Å². The van der Waals surface area contributed by atoms with Crippen molar-refractivity contribution in [1.82, 2.24) is 19.6 Å². The molecule has 0 aliphatic heterocycles. The fourth-order valence-electron chi connectivity index (χ4n) is 4.85. The summed E-state index contributed by atoms with van der Waals surface area (Å²) in [6, 6.07) is 5.50. The van der Waals surface area contributed by atoms with Gasteiger partial charge in [-0.1, -0.05) is 11.6 Å². The molecule has 0 atom stereocenters. The van der Waals surface area contributed by atoms with Crippen LogP contribution in [0, 0.1) is 5.92 Å². The first-order valence-corrected chi connectivity index (χ1v) is 13.4. The average molecular weight is 564 g/mol. The summed E-state index contributed by atoms with van der Waals surface area (Å²) in [5.74, 6) is -0.0552. The standard InChI is InChI=1S/C26H29ClF3N7O2/c27-22-12-18(8-10-31-22)35-25(39)21-14-32-24-20(33-16-5-6-16)13-23(36-37(21)24)34-17-3-1-15(2-4-17)11-19(38)7-9-26(28,29)30/h8,10,12-17,33H,1-7,9,11H2,(H,34,36)(H,31,35,39). The molecule has 2 saturated carbocycles. The van der Waals surface area contributed by atoms with E-state index in [1.165, 1.54) is 16.9 Å². The molecule has 9 nitrogen and oxygen atoms in total. The molecule has 0 aromatic carbocycles. The number of carbonyl (C=O) groups is 2. The molecular formula is C26H29ClF3N7O2. The van der Waals surface area contributed by atoms with Crippen LogP contribution >= 0.6 is 11.6 Å². The summed E-state index contributed by atoms with van der Waals surface area (Å²) in [5.41, 5.74) is 2.05. The van der Waals surface area contributed by atoms with Gasteiger partial charge >= 0.3 is 6.18 Å². The summed E-state index contributed by atoms with van der Waals surface area (Å²) in [4.78, 5) is 33.4. The highest BCUT2D eigenvalue weighted by Gasteiger charge is 2.30. The number of amides is 1. The number of pyridine rings is 1. The van der Waals surface area contributed by atoms with E-state index in [-0.39, 0.29) is 35.0 Å². The molecule has 3 aromatic rings. The summed E-state index contributed by atoms with van der Waals surface area (Å²) in [6.45, 7) is 0. The Labute approximate surface area is 227 Å². The third-order valence-electron chi connectivity index (χ3n) is 7.02. The number of anilines is 3. The molecule has 0 saturated heterocycles. The van der Waals surface area contributed by atoms with Gasteiger partial charge in [0, 0.05) is 42.9 Å². The molecule has 0 unspecified atom stereocenters. The number of nitrogens with zero attached hydrogens (tertiary/aromatic N) is 4. The van der Waals surface area contributed by atoms with Gasteiger partial charge in [0.05, 0.1) is 18.3 Å². The minimum atomic E-state index is -4.30. The fourth-order valence-corrected chi connectivity index (χ4v) is 5.02. The largest absolute Gasteiger partial charge is 0.389 e. The van der Waals surface area contributed by atoms with Crippen LogP contribution in [0.15, 0.2) is 30.6 Å². The molecule has 3 aromatic heterocycles. The van der Waals surface area contributed by atoms with Gasteiger partial charge in [0.25, 0.3) is 5.91 Å². The lowest BCUT2D eigenvalue weighted by molar-refractivity contribution is -0.143. The molecule has 3 N–H and O–H groups in total. The van der Waals surface area contributed by atoms with E-state index in [4.69, 9.17) is 11.6 Å². The lowest BCUT2D eigenvalue weighted by atomic mass is 9.82. The molecule has 2 aliphatic carbocycles. The smallest absolute Gasteiger partial charge is 0.379 e. The zero-order valence-electron chi connectivity index (χ0n) is 21.1. The number of halogens is 4. The number of fused-ring (bicyclic) bond motifs is 1. The van der Waals surface area contributed by atoms with Gasteiger partial charge in [-0.25, -0.2) is 14.5 Å². The van der Waals surface area contributed by atoms with Crippen LogP contribution in [-0.2, 0) is 4.79 Å². The number of alkyl halides is 3. The number of ketones is 1. The molecule has 5 rings (SSSR count). The van der Waals surface area contributed by atoms with Gasteiger partial charge < -0.3 is 16.0 Å². The maximum Gasteiger partial charge on any atom is 0.389 e. The summed E-state index contributed by atoms with van der Waals surface area (Å²) in [5, 5.41) is 14.6. The van der Waals surface area contributed by atoms with Crippen LogP contribution in [-0.4, -0.2) is 49.5 Å². The first-order chi connectivity index (χ1) is 18.6. The average Bonchev–Trinajstić information content (AvgIpc) is 3.58. The van der Waals surface area contributed by atoms with Crippen LogP contribution in [0.5, 0.6) is 0 Å². The fraction of sp³-hybridized carbons (Fsp3) is 0.500. The number of hydrogen-bond donors (Lipinski definition) is 3. The Morgan fingerprint density at radius 3 is 2.44 bits per heavy atom. The Morgan fingerprint density at radius 1 is 1.03 bits per heavy atom. The van der Waals surface area contributed by atoms with Crippen LogP contribution in [0.2, 0.25) is 5.15 Å². The van der Waals surface area contributed by atoms with Crippen molar-refractivity contribution < 1.29 is 22.8 Å². The van der Waals surface area contributed by atoms with Crippen molar-refractivity contribution in [3.05, 3.63) is 41.4 Å². The molecule has 0 bridgehead atoms. The molecule has 13 heteroatoms. The minimum absolute atomic E-state index is 0.0880.